The van der Waals surface area contributed by atoms with Gasteiger partial charge in [-0.05, 0) is 18.8 Å². The Hall–Kier alpha value is -0.860. The van der Waals surface area contributed by atoms with E-state index >= 15 is 0 Å². The highest BCUT2D eigenvalue weighted by molar-refractivity contribution is 5.99. The third kappa shape index (κ3) is 3.51. The van der Waals surface area contributed by atoms with Crippen LogP contribution in [0.5, 0.6) is 0 Å². The summed E-state index contributed by atoms with van der Waals surface area (Å²) in [5.41, 5.74) is 0.347. The molecule has 0 unspecified atom stereocenters. The SMILES string of the molecule is CC[C@H](C(=N)CC(C)C)C(=O)O. The van der Waals surface area contributed by atoms with E-state index < -0.39 is 11.9 Å². The molecule has 0 heterocycles. The smallest absolute Gasteiger partial charge is 0.312 e. The van der Waals surface area contributed by atoms with Gasteiger partial charge in [0.15, 0.2) is 0 Å². The van der Waals surface area contributed by atoms with E-state index in [4.69, 9.17) is 10.5 Å². The van der Waals surface area contributed by atoms with E-state index in [0.29, 0.717) is 24.5 Å². The summed E-state index contributed by atoms with van der Waals surface area (Å²) >= 11 is 0. The maximum atomic E-state index is 10.6. The van der Waals surface area contributed by atoms with E-state index in [0.717, 1.165) is 0 Å². The Balaban J connectivity index is 4.13. The van der Waals surface area contributed by atoms with Crippen LogP contribution in [0.1, 0.15) is 33.6 Å². The summed E-state index contributed by atoms with van der Waals surface area (Å²) < 4.78 is 0. The first-order valence-electron chi connectivity index (χ1n) is 4.29. The molecule has 0 saturated carbocycles. The predicted molar refractivity (Wildman–Crippen MR) is 48.6 cm³/mol. The summed E-state index contributed by atoms with van der Waals surface area (Å²) in [5, 5.41) is 16.2. The second-order valence-electron chi connectivity index (χ2n) is 3.42. The lowest BCUT2D eigenvalue weighted by Crippen LogP contribution is -2.23. The van der Waals surface area contributed by atoms with Crippen molar-refractivity contribution < 1.29 is 9.90 Å². The number of carbonyl (C=O) groups is 1. The summed E-state index contributed by atoms with van der Waals surface area (Å²) in [6.07, 6.45) is 1.10. The van der Waals surface area contributed by atoms with Gasteiger partial charge in [-0.3, -0.25) is 4.79 Å². The quantitative estimate of drug-likeness (QED) is 0.623. The molecule has 0 aromatic rings. The molecule has 3 heteroatoms. The summed E-state index contributed by atoms with van der Waals surface area (Å²) in [4.78, 5) is 10.6. The van der Waals surface area contributed by atoms with Crippen molar-refractivity contribution in [3.8, 4) is 0 Å². The van der Waals surface area contributed by atoms with Crippen molar-refractivity contribution in [3.05, 3.63) is 0 Å². The molecule has 3 nitrogen and oxygen atoms in total. The van der Waals surface area contributed by atoms with Gasteiger partial charge in [-0.2, -0.15) is 0 Å². The zero-order chi connectivity index (χ0) is 9.72. The number of hydrogen-bond acceptors (Lipinski definition) is 2. The molecule has 70 valence electrons. The fraction of sp³-hybridized carbons (Fsp3) is 0.778. The van der Waals surface area contributed by atoms with Gasteiger partial charge in [0.2, 0.25) is 0 Å². The summed E-state index contributed by atoms with van der Waals surface area (Å²) in [6.45, 7) is 5.78. The average Bonchev–Trinajstić information content (AvgIpc) is 1.85. The van der Waals surface area contributed by atoms with Gasteiger partial charge >= 0.3 is 5.97 Å². The molecule has 0 aliphatic carbocycles. The number of carboxylic acids is 1. The van der Waals surface area contributed by atoms with Crippen molar-refractivity contribution in [2.75, 3.05) is 0 Å². The van der Waals surface area contributed by atoms with Crippen LogP contribution in [0.2, 0.25) is 0 Å². The Morgan fingerprint density at radius 2 is 2.00 bits per heavy atom. The third-order valence-electron chi connectivity index (χ3n) is 1.76. The molecule has 0 spiro atoms. The lowest BCUT2D eigenvalue weighted by molar-refractivity contribution is -0.139. The molecule has 0 radical (unpaired) electrons. The Morgan fingerprint density at radius 1 is 1.50 bits per heavy atom. The van der Waals surface area contributed by atoms with Crippen molar-refractivity contribution in [2.45, 2.75) is 33.6 Å². The molecule has 0 bridgehead atoms. The highest BCUT2D eigenvalue weighted by Gasteiger charge is 2.20. The normalized spacial score (nSPS) is 13.0. The molecule has 12 heavy (non-hydrogen) atoms. The Morgan fingerprint density at radius 3 is 2.25 bits per heavy atom. The molecule has 0 saturated heterocycles. The zero-order valence-corrected chi connectivity index (χ0v) is 7.92. The molecule has 0 aliphatic heterocycles. The van der Waals surface area contributed by atoms with Crippen LogP contribution in [-0.2, 0) is 4.79 Å². The first-order valence-corrected chi connectivity index (χ1v) is 4.29. The van der Waals surface area contributed by atoms with Gasteiger partial charge in [0.25, 0.3) is 0 Å². The monoisotopic (exact) mass is 171 g/mol. The predicted octanol–water partition coefficient (Wildman–Crippen LogP) is 2.16. The molecule has 0 rings (SSSR count). The highest BCUT2D eigenvalue weighted by Crippen LogP contribution is 2.11. The van der Waals surface area contributed by atoms with Gasteiger partial charge in [-0.15, -0.1) is 0 Å². The van der Waals surface area contributed by atoms with Crippen LogP contribution in [0, 0.1) is 17.2 Å². The van der Waals surface area contributed by atoms with Crippen molar-refractivity contribution in [1.29, 1.82) is 5.41 Å². The summed E-state index contributed by atoms with van der Waals surface area (Å²) in [6, 6.07) is 0. The minimum atomic E-state index is -0.872. The molecule has 0 amide bonds. The second kappa shape index (κ2) is 4.91. The van der Waals surface area contributed by atoms with Crippen LogP contribution in [0.4, 0.5) is 0 Å². The van der Waals surface area contributed by atoms with E-state index in [1.165, 1.54) is 0 Å². The van der Waals surface area contributed by atoms with Crippen LogP contribution in [0.3, 0.4) is 0 Å². The molecule has 0 aromatic carbocycles. The summed E-state index contributed by atoms with van der Waals surface area (Å²) in [7, 11) is 0. The number of hydrogen-bond donors (Lipinski definition) is 2. The van der Waals surface area contributed by atoms with E-state index in [1.807, 2.05) is 13.8 Å². The standard InChI is InChI=1S/C9H17NO2/c1-4-7(9(11)12)8(10)5-6(2)3/h6-7,10H,4-5H2,1-3H3,(H,11,12)/t7-/m1/s1. The molecular formula is C9H17NO2. The van der Waals surface area contributed by atoms with E-state index in [9.17, 15) is 4.79 Å². The van der Waals surface area contributed by atoms with Crippen molar-refractivity contribution >= 4 is 11.7 Å². The minimum absolute atomic E-state index is 0.347. The van der Waals surface area contributed by atoms with E-state index in [-0.39, 0.29) is 0 Å². The molecule has 0 fully saturated rings. The molecule has 1 atom stereocenters. The van der Waals surface area contributed by atoms with Gasteiger partial charge in [0, 0.05) is 5.71 Å². The van der Waals surface area contributed by atoms with Crippen molar-refractivity contribution in [3.63, 3.8) is 0 Å². The van der Waals surface area contributed by atoms with Crippen LogP contribution >= 0.6 is 0 Å². The van der Waals surface area contributed by atoms with Crippen LogP contribution in [-0.4, -0.2) is 16.8 Å². The van der Waals surface area contributed by atoms with Crippen LogP contribution in [0.25, 0.3) is 0 Å². The average molecular weight is 171 g/mol. The molecule has 0 aliphatic rings. The maximum Gasteiger partial charge on any atom is 0.312 e. The van der Waals surface area contributed by atoms with E-state index in [1.54, 1.807) is 6.92 Å². The Kier molecular flexibility index (Phi) is 4.55. The number of carboxylic acid groups (broad SMARTS) is 1. The second-order valence-corrected chi connectivity index (χ2v) is 3.42. The fourth-order valence-electron chi connectivity index (χ4n) is 1.15. The largest absolute Gasteiger partial charge is 0.481 e. The first-order chi connectivity index (χ1) is 5.49. The van der Waals surface area contributed by atoms with Gasteiger partial charge in [-0.25, -0.2) is 0 Å². The number of nitrogens with one attached hydrogen (secondary N) is 1. The lowest BCUT2D eigenvalue weighted by Gasteiger charge is -2.12. The highest BCUT2D eigenvalue weighted by atomic mass is 16.4. The van der Waals surface area contributed by atoms with Crippen molar-refractivity contribution in [1.82, 2.24) is 0 Å². The first kappa shape index (κ1) is 11.1. The van der Waals surface area contributed by atoms with Gasteiger partial charge in [0.05, 0.1) is 5.92 Å². The van der Waals surface area contributed by atoms with Crippen molar-refractivity contribution in [2.24, 2.45) is 11.8 Å². The minimum Gasteiger partial charge on any atom is -0.481 e. The van der Waals surface area contributed by atoms with Gasteiger partial charge in [0.1, 0.15) is 0 Å². The fourth-order valence-corrected chi connectivity index (χ4v) is 1.15. The van der Waals surface area contributed by atoms with Gasteiger partial charge in [-0.1, -0.05) is 20.8 Å². The molecule has 2 N–H and O–H groups in total. The summed E-state index contributed by atoms with van der Waals surface area (Å²) in [5.74, 6) is -1.08. The molecular weight excluding hydrogens is 154 g/mol. The third-order valence-corrected chi connectivity index (χ3v) is 1.76. The number of aliphatic carboxylic acids is 1. The van der Waals surface area contributed by atoms with Crippen LogP contribution < -0.4 is 0 Å². The topological polar surface area (TPSA) is 61.2 Å². The van der Waals surface area contributed by atoms with Gasteiger partial charge < -0.3 is 10.5 Å². The number of rotatable bonds is 5. The van der Waals surface area contributed by atoms with E-state index in [2.05, 4.69) is 0 Å². The lowest BCUT2D eigenvalue weighted by atomic mass is 9.94. The van der Waals surface area contributed by atoms with Crippen LogP contribution in [0.15, 0.2) is 0 Å². The maximum absolute atomic E-state index is 10.6. The molecule has 0 aromatic heterocycles. The zero-order valence-electron chi connectivity index (χ0n) is 7.92. The Bertz CT molecular complexity index is 175. The Labute approximate surface area is 73.3 Å².